The van der Waals surface area contributed by atoms with Gasteiger partial charge in [0.1, 0.15) is 0 Å². The quantitative estimate of drug-likeness (QED) is 0.357. The first-order chi connectivity index (χ1) is 12.1. The lowest BCUT2D eigenvalue weighted by Crippen LogP contribution is -2.27. The number of rotatable bonds is 9. The molecule has 0 amide bonds. The van der Waals surface area contributed by atoms with Gasteiger partial charge in [0.15, 0.2) is 0 Å². The molecule has 156 valence electrons. The Bertz CT molecular complexity index is 346. The predicted molar refractivity (Wildman–Crippen MR) is 122 cm³/mol. The average Bonchev–Trinajstić information content (AvgIpc) is 2.53. The topological polar surface area (TPSA) is 0 Å². The largest absolute Gasteiger partial charge is 0.100 e. The summed E-state index contributed by atoms with van der Waals surface area (Å²) in [6.45, 7) is 22.6. The average molecular weight is 365 g/mol. The third-order valence-corrected chi connectivity index (χ3v) is 6.24. The van der Waals surface area contributed by atoms with Gasteiger partial charge in [-0.15, -0.1) is 6.58 Å². The van der Waals surface area contributed by atoms with Crippen molar-refractivity contribution in [1.29, 1.82) is 0 Å². The molecule has 0 nitrogen and oxygen atoms in total. The van der Waals surface area contributed by atoms with E-state index in [2.05, 4.69) is 62.0 Å². The molecular formula is C26H52. The molecule has 1 saturated carbocycles. The first-order valence-corrected chi connectivity index (χ1v) is 11.7. The van der Waals surface area contributed by atoms with Crippen LogP contribution < -0.4 is 0 Å². The van der Waals surface area contributed by atoms with Crippen molar-refractivity contribution < 1.29 is 0 Å². The molecule has 0 spiro atoms. The lowest BCUT2D eigenvalue weighted by atomic mass is 9.68. The zero-order valence-corrected chi connectivity index (χ0v) is 19.8. The zero-order chi connectivity index (χ0) is 20.2. The van der Waals surface area contributed by atoms with Gasteiger partial charge in [0.05, 0.1) is 0 Å². The Morgan fingerprint density at radius 1 is 1.08 bits per heavy atom. The molecule has 0 aliphatic heterocycles. The summed E-state index contributed by atoms with van der Waals surface area (Å²) in [6, 6.07) is 0. The standard InChI is InChI=1S/C19H38.C7H14/c1-7-9-16(3)18(12-13-19(4,5)6)17-11-8-10-15(2)14-17;1-4-5-6-7(2)3/h15-18H,7-14H2,1-6H3;2,4-6H2,1,3H3. The fourth-order valence-electron chi connectivity index (χ4n) is 4.60. The monoisotopic (exact) mass is 364 g/mol. The molecule has 0 bridgehead atoms. The molecule has 1 aliphatic rings. The van der Waals surface area contributed by atoms with Crippen molar-refractivity contribution in [2.45, 2.75) is 126 Å². The van der Waals surface area contributed by atoms with Gasteiger partial charge in [-0.3, -0.25) is 0 Å². The maximum absolute atomic E-state index is 3.79. The molecule has 4 atom stereocenters. The van der Waals surface area contributed by atoms with Crippen molar-refractivity contribution in [1.82, 2.24) is 0 Å². The highest BCUT2D eigenvalue weighted by Gasteiger charge is 2.30. The Labute approximate surface area is 167 Å². The number of unbranched alkanes of at least 4 members (excludes halogenated alkanes) is 1. The van der Waals surface area contributed by atoms with Crippen LogP contribution in [0.25, 0.3) is 0 Å². The van der Waals surface area contributed by atoms with Gasteiger partial charge in [-0.05, 0) is 68.1 Å². The van der Waals surface area contributed by atoms with Crippen LogP contribution >= 0.6 is 0 Å². The summed E-state index contributed by atoms with van der Waals surface area (Å²) >= 11 is 0. The van der Waals surface area contributed by atoms with Crippen LogP contribution in [0.1, 0.15) is 126 Å². The van der Waals surface area contributed by atoms with Crippen molar-refractivity contribution >= 4 is 0 Å². The fraction of sp³-hybridized carbons (Fsp3) is 0.923. The normalized spacial score (nSPS) is 22.9. The minimum Gasteiger partial charge on any atom is -0.100 e. The molecule has 0 aromatic heterocycles. The Morgan fingerprint density at radius 2 is 1.73 bits per heavy atom. The molecule has 1 rings (SSSR count). The van der Waals surface area contributed by atoms with Gasteiger partial charge in [-0.2, -0.15) is 0 Å². The molecule has 0 radical (unpaired) electrons. The molecule has 4 unspecified atom stereocenters. The highest BCUT2D eigenvalue weighted by molar-refractivity contribution is 4.86. The maximum Gasteiger partial charge on any atom is -0.0326 e. The van der Waals surface area contributed by atoms with Crippen molar-refractivity contribution in [3.8, 4) is 0 Å². The molecule has 0 heterocycles. The van der Waals surface area contributed by atoms with Crippen molar-refractivity contribution in [3.63, 3.8) is 0 Å². The molecule has 1 aliphatic carbocycles. The second kappa shape index (κ2) is 13.8. The summed E-state index contributed by atoms with van der Waals surface area (Å²) in [7, 11) is 0. The van der Waals surface area contributed by atoms with Gasteiger partial charge in [0.2, 0.25) is 0 Å². The van der Waals surface area contributed by atoms with Crippen LogP contribution in [0.2, 0.25) is 0 Å². The third kappa shape index (κ3) is 13.0. The van der Waals surface area contributed by atoms with Crippen LogP contribution in [-0.4, -0.2) is 0 Å². The van der Waals surface area contributed by atoms with Gasteiger partial charge < -0.3 is 0 Å². The Balaban J connectivity index is 0.000000758. The van der Waals surface area contributed by atoms with E-state index < -0.39 is 0 Å². The lowest BCUT2D eigenvalue weighted by molar-refractivity contribution is 0.129. The summed E-state index contributed by atoms with van der Waals surface area (Å²) in [5.74, 6) is 3.92. The first-order valence-electron chi connectivity index (χ1n) is 11.7. The van der Waals surface area contributed by atoms with Crippen molar-refractivity contribution in [3.05, 3.63) is 12.2 Å². The number of hydrogen-bond donors (Lipinski definition) is 0. The zero-order valence-electron chi connectivity index (χ0n) is 19.8. The second-order valence-corrected chi connectivity index (χ2v) is 10.6. The van der Waals surface area contributed by atoms with Crippen molar-refractivity contribution in [2.24, 2.45) is 29.1 Å². The number of allylic oxidation sites excluding steroid dienone is 1. The Kier molecular flexibility index (Phi) is 13.7. The molecule has 0 saturated heterocycles. The van der Waals surface area contributed by atoms with E-state index in [1.54, 1.807) is 0 Å². The summed E-state index contributed by atoms with van der Waals surface area (Å²) in [6.07, 6.45) is 15.4. The Hall–Kier alpha value is -0.260. The third-order valence-electron chi connectivity index (χ3n) is 6.24. The highest BCUT2D eigenvalue weighted by Crippen LogP contribution is 2.41. The lowest BCUT2D eigenvalue weighted by Gasteiger charge is -2.38. The summed E-state index contributed by atoms with van der Waals surface area (Å²) in [5, 5.41) is 0. The molecule has 26 heavy (non-hydrogen) atoms. The van der Waals surface area contributed by atoms with Gasteiger partial charge in [0.25, 0.3) is 0 Å². The summed E-state index contributed by atoms with van der Waals surface area (Å²) in [5.41, 5.74) is 1.81. The summed E-state index contributed by atoms with van der Waals surface area (Å²) < 4.78 is 0. The van der Waals surface area contributed by atoms with Crippen LogP contribution in [0, 0.1) is 29.1 Å². The van der Waals surface area contributed by atoms with E-state index in [0.29, 0.717) is 5.41 Å². The number of hydrogen-bond acceptors (Lipinski definition) is 0. The molecule has 1 fully saturated rings. The SMILES string of the molecule is C=C(C)CCCC.CCCC(C)C(CCC(C)(C)C)C1CCCC(C)C1. The molecule has 0 aromatic carbocycles. The first kappa shape index (κ1) is 25.7. The van der Waals surface area contributed by atoms with E-state index in [9.17, 15) is 0 Å². The maximum atomic E-state index is 3.79. The Morgan fingerprint density at radius 3 is 2.15 bits per heavy atom. The molecular weight excluding hydrogens is 312 g/mol. The van der Waals surface area contributed by atoms with Gasteiger partial charge >= 0.3 is 0 Å². The van der Waals surface area contributed by atoms with Crippen LogP contribution in [0.3, 0.4) is 0 Å². The van der Waals surface area contributed by atoms with E-state index in [1.165, 1.54) is 76.2 Å². The van der Waals surface area contributed by atoms with E-state index in [-0.39, 0.29) is 0 Å². The second-order valence-electron chi connectivity index (χ2n) is 10.6. The van der Waals surface area contributed by atoms with E-state index in [0.717, 1.165) is 23.7 Å². The van der Waals surface area contributed by atoms with Gasteiger partial charge in [-0.25, -0.2) is 0 Å². The van der Waals surface area contributed by atoms with Crippen LogP contribution in [0.4, 0.5) is 0 Å². The van der Waals surface area contributed by atoms with E-state index in [1.807, 2.05) is 0 Å². The van der Waals surface area contributed by atoms with Crippen LogP contribution in [0.15, 0.2) is 12.2 Å². The van der Waals surface area contributed by atoms with E-state index in [4.69, 9.17) is 0 Å². The fourth-order valence-corrected chi connectivity index (χ4v) is 4.60. The predicted octanol–water partition coefficient (Wildman–Crippen LogP) is 9.44. The smallest absolute Gasteiger partial charge is 0.0326 e. The van der Waals surface area contributed by atoms with Crippen LogP contribution in [0.5, 0.6) is 0 Å². The minimum atomic E-state index is 0.504. The summed E-state index contributed by atoms with van der Waals surface area (Å²) in [4.78, 5) is 0. The van der Waals surface area contributed by atoms with E-state index >= 15 is 0 Å². The molecule has 0 aromatic rings. The molecule has 0 heteroatoms. The van der Waals surface area contributed by atoms with Gasteiger partial charge in [0, 0.05) is 0 Å². The highest BCUT2D eigenvalue weighted by atomic mass is 14.4. The molecule has 0 N–H and O–H groups in total. The van der Waals surface area contributed by atoms with Gasteiger partial charge in [-0.1, -0.05) is 92.6 Å². The van der Waals surface area contributed by atoms with Crippen LogP contribution in [-0.2, 0) is 0 Å². The van der Waals surface area contributed by atoms with Crippen molar-refractivity contribution in [2.75, 3.05) is 0 Å². The minimum absolute atomic E-state index is 0.504.